The van der Waals surface area contributed by atoms with E-state index < -0.39 is 90.9 Å². The number of carbonyl (C=O) groups excluding carboxylic acids is 1. The van der Waals surface area contributed by atoms with Crippen LogP contribution >= 0.6 is 0 Å². The van der Waals surface area contributed by atoms with Crippen molar-refractivity contribution < 1.29 is 69.3 Å². The summed E-state index contributed by atoms with van der Waals surface area (Å²) in [7, 11) is 1.52. The molecule has 0 spiro atoms. The number of methoxy groups -OCH3 is 1. The highest BCUT2D eigenvalue weighted by molar-refractivity contribution is 6.10. The van der Waals surface area contributed by atoms with Gasteiger partial charge < -0.3 is 64.5 Å². The van der Waals surface area contributed by atoms with E-state index in [1.807, 2.05) is 0 Å². The minimum Gasteiger partial charge on any atom is -0.507 e. The van der Waals surface area contributed by atoms with Crippen molar-refractivity contribution in [3.63, 3.8) is 0 Å². The summed E-state index contributed by atoms with van der Waals surface area (Å²) in [5.74, 6) is -1.66. The number of ether oxygens (including phenoxy) is 5. The topological polar surface area (TPSA) is 225 Å². The molecule has 14 heteroatoms. The van der Waals surface area contributed by atoms with E-state index in [1.165, 1.54) is 20.1 Å². The SMILES string of the molecule is COc1ccc(/C=C/C(=O)c2c(O)cc(O[C@@H]3O[C@H](CO)[C@@H](O)[C@H](O)[C@H]3O[C@@H]3O[C@@H](C)[C@H](O)[C@@H](O)[C@H]3O)cc2O)cc1. The Morgan fingerprint density at radius 1 is 0.857 bits per heavy atom. The van der Waals surface area contributed by atoms with Gasteiger partial charge in [0.05, 0.1) is 19.8 Å². The van der Waals surface area contributed by atoms with Crippen LogP contribution in [0.1, 0.15) is 22.8 Å². The normalized spacial score (nSPS) is 33.4. The molecule has 0 aromatic heterocycles. The first-order valence-corrected chi connectivity index (χ1v) is 13.0. The molecule has 230 valence electrons. The van der Waals surface area contributed by atoms with Gasteiger partial charge in [0.2, 0.25) is 6.29 Å². The zero-order chi connectivity index (χ0) is 30.7. The summed E-state index contributed by atoms with van der Waals surface area (Å²) < 4.78 is 27.3. The molecule has 0 saturated carbocycles. The van der Waals surface area contributed by atoms with E-state index in [0.717, 1.165) is 18.2 Å². The Morgan fingerprint density at radius 2 is 1.50 bits per heavy atom. The number of phenolic OH excluding ortho intramolecular Hbond substituents is 2. The molecule has 14 nitrogen and oxygen atoms in total. The number of ketones is 1. The van der Waals surface area contributed by atoms with Crippen molar-refractivity contribution in [2.24, 2.45) is 0 Å². The van der Waals surface area contributed by atoms with Crippen LogP contribution in [0.5, 0.6) is 23.0 Å². The summed E-state index contributed by atoms with van der Waals surface area (Å²) in [6.07, 6.45) is -12.9. The molecular formula is C28H34O14. The van der Waals surface area contributed by atoms with Crippen LogP contribution in [0.25, 0.3) is 6.08 Å². The standard InChI is InChI=1S/C28H34O14/c1-12-21(33)23(35)25(37)27(39-12)42-26-24(36)22(34)19(11-29)41-28(26)40-15-9-17(31)20(18(32)10-15)16(30)8-5-13-3-6-14(38-2)7-4-13/h3-10,12,19,21-29,31-37H,11H2,1-2H3/b8-5+/t12-,19+,21-,22+,23+,24-,25+,26+,27-,28+/m0/s1. The van der Waals surface area contributed by atoms with Crippen LogP contribution in [0.2, 0.25) is 0 Å². The summed E-state index contributed by atoms with van der Waals surface area (Å²) in [4.78, 5) is 12.7. The highest BCUT2D eigenvalue weighted by Crippen LogP contribution is 2.36. The second-order valence-electron chi connectivity index (χ2n) is 9.91. The third-order valence-electron chi connectivity index (χ3n) is 7.04. The maximum Gasteiger partial charge on any atom is 0.229 e. The molecule has 0 aliphatic carbocycles. The van der Waals surface area contributed by atoms with Crippen LogP contribution in [-0.2, 0) is 14.2 Å². The Bertz CT molecular complexity index is 1230. The third-order valence-corrected chi connectivity index (χ3v) is 7.04. The maximum atomic E-state index is 12.7. The van der Waals surface area contributed by atoms with Crippen molar-refractivity contribution >= 4 is 11.9 Å². The van der Waals surface area contributed by atoms with Crippen molar-refractivity contribution in [3.8, 4) is 23.0 Å². The van der Waals surface area contributed by atoms with Gasteiger partial charge in [-0.15, -0.1) is 0 Å². The lowest BCUT2D eigenvalue weighted by molar-refractivity contribution is -0.354. The molecule has 2 fully saturated rings. The Balaban J connectivity index is 1.54. The molecule has 4 rings (SSSR count). The smallest absolute Gasteiger partial charge is 0.229 e. The molecule has 2 aliphatic rings. The summed E-state index contributed by atoms with van der Waals surface area (Å²) in [5.41, 5.74) is 0.236. The van der Waals surface area contributed by atoms with Crippen molar-refractivity contribution in [2.75, 3.05) is 13.7 Å². The van der Waals surface area contributed by atoms with Gasteiger partial charge >= 0.3 is 0 Å². The Kier molecular flexibility index (Phi) is 10.0. The number of carbonyl (C=O) groups is 1. The molecule has 0 amide bonds. The number of aromatic hydroxyl groups is 2. The minimum atomic E-state index is -1.78. The van der Waals surface area contributed by atoms with Gasteiger partial charge in [0.15, 0.2) is 18.2 Å². The first-order valence-electron chi connectivity index (χ1n) is 13.0. The second-order valence-corrected chi connectivity index (χ2v) is 9.91. The van der Waals surface area contributed by atoms with Crippen LogP contribution in [0.4, 0.5) is 0 Å². The molecule has 2 aliphatic heterocycles. The van der Waals surface area contributed by atoms with E-state index in [0.29, 0.717) is 11.3 Å². The summed E-state index contributed by atoms with van der Waals surface area (Å²) in [6, 6.07) is 8.78. The van der Waals surface area contributed by atoms with Crippen molar-refractivity contribution in [1.82, 2.24) is 0 Å². The maximum absolute atomic E-state index is 12.7. The average Bonchev–Trinajstić information content (AvgIpc) is 2.97. The van der Waals surface area contributed by atoms with Gasteiger partial charge in [-0.25, -0.2) is 0 Å². The van der Waals surface area contributed by atoms with E-state index in [-0.39, 0.29) is 5.75 Å². The van der Waals surface area contributed by atoms with Gasteiger partial charge in [0, 0.05) is 12.1 Å². The number of phenols is 2. The van der Waals surface area contributed by atoms with E-state index in [4.69, 9.17) is 23.7 Å². The van der Waals surface area contributed by atoms with Crippen molar-refractivity contribution in [1.29, 1.82) is 0 Å². The van der Waals surface area contributed by atoms with Gasteiger partial charge in [-0.1, -0.05) is 18.2 Å². The number of aliphatic hydroxyl groups excluding tert-OH is 6. The Labute approximate surface area is 240 Å². The fourth-order valence-corrected chi connectivity index (χ4v) is 4.59. The Morgan fingerprint density at radius 3 is 2.10 bits per heavy atom. The first-order chi connectivity index (χ1) is 19.9. The molecule has 8 N–H and O–H groups in total. The monoisotopic (exact) mass is 594 g/mol. The summed E-state index contributed by atoms with van der Waals surface area (Å²) in [5, 5.41) is 82.2. The first kappa shape index (κ1) is 31.6. The van der Waals surface area contributed by atoms with Gasteiger partial charge in [0.1, 0.15) is 65.2 Å². The predicted molar refractivity (Wildman–Crippen MR) is 142 cm³/mol. The Hall–Kier alpha value is -3.31. The summed E-state index contributed by atoms with van der Waals surface area (Å²) in [6.45, 7) is 0.676. The second kappa shape index (κ2) is 13.3. The quantitative estimate of drug-likeness (QED) is 0.129. The van der Waals surface area contributed by atoms with Gasteiger partial charge in [-0.05, 0) is 30.7 Å². The van der Waals surface area contributed by atoms with Gasteiger partial charge in [-0.2, -0.15) is 0 Å². The zero-order valence-corrected chi connectivity index (χ0v) is 22.6. The largest absolute Gasteiger partial charge is 0.507 e. The van der Waals surface area contributed by atoms with Gasteiger partial charge in [0.25, 0.3) is 0 Å². The van der Waals surface area contributed by atoms with Crippen LogP contribution in [0, 0.1) is 0 Å². The van der Waals surface area contributed by atoms with E-state index in [9.17, 15) is 45.6 Å². The molecule has 0 unspecified atom stereocenters. The van der Waals surface area contributed by atoms with Crippen molar-refractivity contribution in [2.45, 2.75) is 68.3 Å². The average molecular weight is 595 g/mol. The van der Waals surface area contributed by atoms with Crippen molar-refractivity contribution in [3.05, 3.63) is 53.6 Å². The van der Waals surface area contributed by atoms with E-state index >= 15 is 0 Å². The van der Waals surface area contributed by atoms with Crippen LogP contribution < -0.4 is 9.47 Å². The lowest BCUT2D eigenvalue weighted by Gasteiger charge is -2.45. The lowest BCUT2D eigenvalue weighted by atomic mass is 9.97. The highest BCUT2D eigenvalue weighted by atomic mass is 16.8. The van der Waals surface area contributed by atoms with E-state index in [2.05, 4.69) is 0 Å². The number of hydrogen-bond acceptors (Lipinski definition) is 14. The fraction of sp³-hybridized carbons (Fsp3) is 0.464. The van der Waals surface area contributed by atoms with Crippen LogP contribution in [-0.4, -0.2) is 122 Å². The fourth-order valence-electron chi connectivity index (χ4n) is 4.59. The molecule has 10 atom stereocenters. The summed E-state index contributed by atoms with van der Waals surface area (Å²) >= 11 is 0. The number of allylic oxidation sites excluding steroid dienone is 1. The molecular weight excluding hydrogens is 560 g/mol. The highest BCUT2D eigenvalue weighted by Gasteiger charge is 2.50. The van der Waals surface area contributed by atoms with E-state index in [1.54, 1.807) is 24.3 Å². The minimum absolute atomic E-state index is 0.256. The number of hydrogen-bond donors (Lipinski definition) is 8. The molecule has 2 aromatic carbocycles. The number of benzene rings is 2. The predicted octanol–water partition coefficient (Wildman–Crippen LogP) is -0.967. The number of aliphatic hydroxyl groups is 6. The van der Waals surface area contributed by atoms with Crippen LogP contribution in [0.3, 0.4) is 0 Å². The van der Waals surface area contributed by atoms with Crippen LogP contribution in [0.15, 0.2) is 42.5 Å². The third kappa shape index (κ3) is 6.67. The zero-order valence-electron chi connectivity index (χ0n) is 22.6. The van der Waals surface area contributed by atoms with Gasteiger partial charge in [-0.3, -0.25) is 4.79 Å². The molecule has 2 heterocycles. The molecule has 42 heavy (non-hydrogen) atoms. The molecule has 0 bridgehead atoms. The lowest BCUT2D eigenvalue weighted by Crippen LogP contribution is -2.64. The molecule has 0 radical (unpaired) electrons. The molecule has 2 aromatic rings. The number of rotatable bonds is 9. The molecule has 2 saturated heterocycles.